The van der Waals surface area contributed by atoms with Gasteiger partial charge in [0.25, 0.3) is 0 Å². The van der Waals surface area contributed by atoms with Crippen molar-refractivity contribution in [3.8, 4) is 0 Å². The van der Waals surface area contributed by atoms with E-state index < -0.39 is 30.1 Å². The Morgan fingerprint density at radius 2 is 2.00 bits per heavy atom. The molecule has 0 aromatic heterocycles. The van der Waals surface area contributed by atoms with Gasteiger partial charge in [-0.1, -0.05) is 12.1 Å². The quantitative estimate of drug-likeness (QED) is 0.846. The molecule has 1 rings (SSSR count). The topological polar surface area (TPSA) is 66.8 Å². The molecular formula is C13H17FO4. The second kappa shape index (κ2) is 5.93. The number of aliphatic hydroxyl groups excluding tert-OH is 1. The summed E-state index contributed by atoms with van der Waals surface area (Å²) >= 11 is 0. The van der Waals surface area contributed by atoms with Crippen LogP contribution in [0.5, 0.6) is 0 Å². The first kappa shape index (κ1) is 14.6. The number of aryl methyl sites for hydroxylation is 1. The molecule has 0 aliphatic heterocycles. The summed E-state index contributed by atoms with van der Waals surface area (Å²) in [6.07, 6.45) is -2.75. The molecule has 1 aromatic rings. The van der Waals surface area contributed by atoms with Crippen molar-refractivity contribution in [3.05, 3.63) is 35.1 Å². The molecule has 0 bridgehead atoms. The van der Waals surface area contributed by atoms with Crippen LogP contribution in [0.15, 0.2) is 18.2 Å². The second-order valence-electron chi connectivity index (χ2n) is 4.31. The number of carbonyl (C=O) groups is 1. The number of aliphatic hydroxyl groups is 1. The summed E-state index contributed by atoms with van der Waals surface area (Å²) in [5.74, 6) is -1.70. The highest BCUT2D eigenvalue weighted by molar-refractivity contribution is 5.74. The third-order valence-corrected chi connectivity index (χ3v) is 2.75. The fraction of sp³-hybridized carbons (Fsp3) is 0.462. The molecule has 3 unspecified atom stereocenters. The maximum Gasteiger partial charge on any atom is 0.337 e. The van der Waals surface area contributed by atoms with Crippen LogP contribution in [0.3, 0.4) is 0 Å². The summed E-state index contributed by atoms with van der Waals surface area (Å²) in [5, 5.41) is 18.4. The molecule has 0 fully saturated rings. The zero-order chi connectivity index (χ0) is 13.9. The Kier molecular flexibility index (Phi) is 4.81. The Labute approximate surface area is 105 Å². The van der Waals surface area contributed by atoms with Crippen LogP contribution >= 0.6 is 0 Å². The van der Waals surface area contributed by atoms with Crippen LogP contribution < -0.4 is 0 Å². The van der Waals surface area contributed by atoms with E-state index in [0.29, 0.717) is 5.56 Å². The van der Waals surface area contributed by atoms with Crippen LogP contribution in [0.25, 0.3) is 0 Å². The highest BCUT2D eigenvalue weighted by Gasteiger charge is 2.25. The van der Waals surface area contributed by atoms with E-state index in [-0.39, 0.29) is 5.56 Å². The van der Waals surface area contributed by atoms with Crippen LogP contribution in [0.2, 0.25) is 0 Å². The maximum absolute atomic E-state index is 13.4. The van der Waals surface area contributed by atoms with Crippen LogP contribution in [-0.2, 0) is 9.53 Å². The van der Waals surface area contributed by atoms with Crippen LogP contribution in [0, 0.1) is 12.7 Å². The van der Waals surface area contributed by atoms with Gasteiger partial charge in [-0.3, -0.25) is 0 Å². The van der Waals surface area contributed by atoms with E-state index in [2.05, 4.69) is 0 Å². The maximum atomic E-state index is 13.4. The number of carboxylic acid groups (broad SMARTS) is 1. The standard InChI is InChI=1S/C13H17FO4/c1-7-4-5-10(6-11(7)14)12(13(16)17)18-9(3)8(2)15/h4-6,8-9,12,15H,1-3H3,(H,16,17). The fourth-order valence-corrected chi connectivity index (χ4v) is 1.38. The molecule has 0 heterocycles. The Morgan fingerprint density at radius 1 is 1.39 bits per heavy atom. The Hall–Kier alpha value is -1.46. The van der Waals surface area contributed by atoms with Gasteiger partial charge in [-0.05, 0) is 38.0 Å². The highest BCUT2D eigenvalue weighted by atomic mass is 19.1. The van der Waals surface area contributed by atoms with Gasteiger partial charge in [-0.25, -0.2) is 9.18 Å². The molecule has 1 aromatic carbocycles. The van der Waals surface area contributed by atoms with Gasteiger partial charge in [0, 0.05) is 0 Å². The van der Waals surface area contributed by atoms with Gasteiger partial charge >= 0.3 is 5.97 Å². The smallest absolute Gasteiger partial charge is 0.337 e. The minimum Gasteiger partial charge on any atom is -0.479 e. The number of aliphatic carboxylic acids is 1. The van der Waals surface area contributed by atoms with Crippen molar-refractivity contribution in [1.82, 2.24) is 0 Å². The van der Waals surface area contributed by atoms with E-state index >= 15 is 0 Å². The Balaban J connectivity index is 2.97. The predicted molar refractivity (Wildman–Crippen MR) is 63.7 cm³/mol. The Morgan fingerprint density at radius 3 is 2.44 bits per heavy atom. The monoisotopic (exact) mass is 256 g/mol. The molecule has 18 heavy (non-hydrogen) atoms. The average molecular weight is 256 g/mol. The summed E-state index contributed by atoms with van der Waals surface area (Å²) < 4.78 is 18.6. The number of carboxylic acids is 1. The lowest BCUT2D eigenvalue weighted by Crippen LogP contribution is -2.28. The molecule has 5 heteroatoms. The molecular weight excluding hydrogens is 239 g/mol. The van der Waals surface area contributed by atoms with Gasteiger partial charge in [-0.2, -0.15) is 0 Å². The minimum atomic E-state index is -1.29. The molecule has 0 aliphatic carbocycles. The van der Waals surface area contributed by atoms with Crippen molar-refractivity contribution in [2.24, 2.45) is 0 Å². The predicted octanol–water partition coefficient (Wildman–Crippen LogP) is 2.05. The molecule has 100 valence electrons. The van der Waals surface area contributed by atoms with Crippen molar-refractivity contribution in [3.63, 3.8) is 0 Å². The van der Waals surface area contributed by atoms with Crippen molar-refractivity contribution >= 4 is 5.97 Å². The second-order valence-corrected chi connectivity index (χ2v) is 4.31. The molecule has 2 N–H and O–H groups in total. The number of hydrogen-bond donors (Lipinski definition) is 2. The van der Waals surface area contributed by atoms with Crippen molar-refractivity contribution in [1.29, 1.82) is 0 Å². The summed E-state index contributed by atoms with van der Waals surface area (Å²) in [6.45, 7) is 4.65. The summed E-state index contributed by atoms with van der Waals surface area (Å²) in [6, 6.07) is 4.14. The summed E-state index contributed by atoms with van der Waals surface area (Å²) in [7, 11) is 0. The molecule has 0 spiro atoms. The van der Waals surface area contributed by atoms with E-state index in [1.165, 1.54) is 19.1 Å². The number of hydrogen-bond acceptors (Lipinski definition) is 3. The molecule has 0 radical (unpaired) electrons. The highest BCUT2D eigenvalue weighted by Crippen LogP contribution is 2.22. The minimum absolute atomic E-state index is 0.220. The largest absolute Gasteiger partial charge is 0.479 e. The van der Waals surface area contributed by atoms with E-state index in [0.717, 1.165) is 6.07 Å². The lowest BCUT2D eigenvalue weighted by Gasteiger charge is -2.21. The van der Waals surface area contributed by atoms with Crippen LogP contribution in [-0.4, -0.2) is 28.4 Å². The first-order chi connectivity index (χ1) is 8.32. The molecule has 0 saturated heterocycles. The fourth-order valence-electron chi connectivity index (χ4n) is 1.38. The van der Waals surface area contributed by atoms with Gasteiger partial charge < -0.3 is 14.9 Å². The van der Waals surface area contributed by atoms with E-state index in [1.54, 1.807) is 13.8 Å². The SMILES string of the molecule is Cc1ccc(C(OC(C)C(C)O)C(=O)O)cc1F. The van der Waals surface area contributed by atoms with E-state index in [9.17, 15) is 14.3 Å². The lowest BCUT2D eigenvalue weighted by molar-refractivity contribution is -0.158. The third kappa shape index (κ3) is 3.51. The third-order valence-electron chi connectivity index (χ3n) is 2.75. The zero-order valence-electron chi connectivity index (χ0n) is 10.6. The van der Waals surface area contributed by atoms with Gasteiger partial charge in [0.05, 0.1) is 12.2 Å². The number of benzene rings is 1. The van der Waals surface area contributed by atoms with Crippen molar-refractivity contribution in [2.45, 2.75) is 39.1 Å². The summed E-state index contributed by atoms with van der Waals surface area (Å²) in [4.78, 5) is 11.1. The molecule has 0 saturated carbocycles. The van der Waals surface area contributed by atoms with E-state index in [4.69, 9.17) is 9.84 Å². The Bertz CT molecular complexity index is 431. The molecule has 4 nitrogen and oxygen atoms in total. The summed E-state index contributed by atoms with van der Waals surface area (Å²) in [5.41, 5.74) is 0.657. The molecule has 0 amide bonds. The van der Waals surface area contributed by atoms with Gasteiger partial charge in [0.1, 0.15) is 5.82 Å². The first-order valence-electron chi connectivity index (χ1n) is 5.65. The average Bonchev–Trinajstić information content (AvgIpc) is 2.29. The molecule has 3 atom stereocenters. The van der Waals surface area contributed by atoms with Crippen molar-refractivity contribution in [2.75, 3.05) is 0 Å². The van der Waals surface area contributed by atoms with Crippen LogP contribution in [0.1, 0.15) is 31.1 Å². The van der Waals surface area contributed by atoms with Gasteiger partial charge in [0.2, 0.25) is 0 Å². The lowest BCUT2D eigenvalue weighted by atomic mass is 10.1. The zero-order valence-corrected chi connectivity index (χ0v) is 10.6. The molecule has 0 aliphatic rings. The van der Waals surface area contributed by atoms with Crippen molar-refractivity contribution < 1.29 is 24.1 Å². The van der Waals surface area contributed by atoms with Gasteiger partial charge in [0.15, 0.2) is 6.10 Å². The van der Waals surface area contributed by atoms with Gasteiger partial charge in [-0.15, -0.1) is 0 Å². The first-order valence-corrected chi connectivity index (χ1v) is 5.65. The number of ether oxygens (including phenoxy) is 1. The normalized spacial score (nSPS) is 16.1. The number of halogens is 1. The van der Waals surface area contributed by atoms with Crippen LogP contribution in [0.4, 0.5) is 4.39 Å². The van der Waals surface area contributed by atoms with E-state index in [1.807, 2.05) is 0 Å². The number of rotatable bonds is 5.